The molecule has 1 aliphatic heterocycles. The lowest BCUT2D eigenvalue weighted by Gasteiger charge is -2.35. The number of hydrogen-bond acceptors (Lipinski definition) is 5. The Bertz CT molecular complexity index is 881. The van der Waals surface area contributed by atoms with E-state index in [0.29, 0.717) is 30.5 Å². The molecule has 29 heavy (non-hydrogen) atoms. The molecule has 0 radical (unpaired) electrons. The van der Waals surface area contributed by atoms with E-state index in [1.54, 1.807) is 12.4 Å². The van der Waals surface area contributed by atoms with Gasteiger partial charge in [0.25, 0.3) is 5.91 Å². The number of carbonyl (C=O) groups is 1. The first-order valence-corrected chi connectivity index (χ1v) is 10.2. The molecule has 3 aromatic rings. The lowest BCUT2D eigenvalue weighted by Crippen LogP contribution is -2.46. The molecule has 4 rings (SSSR count). The molecule has 1 fully saturated rings. The first-order chi connectivity index (χ1) is 14.3. The fourth-order valence-corrected chi connectivity index (χ4v) is 3.30. The average molecular weight is 393 g/mol. The van der Waals surface area contributed by atoms with E-state index in [9.17, 15) is 4.79 Å². The van der Waals surface area contributed by atoms with Gasteiger partial charge in [0.05, 0.1) is 12.2 Å². The summed E-state index contributed by atoms with van der Waals surface area (Å²) in [6.07, 6.45) is 7.81. The highest BCUT2D eigenvalue weighted by atomic mass is 16.5. The molecule has 1 aliphatic rings. The van der Waals surface area contributed by atoms with E-state index in [-0.39, 0.29) is 11.9 Å². The van der Waals surface area contributed by atoms with Crippen molar-refractivity contribution in [2.24, 2.45) is 0 Å². The van der Waals surface area contributed by atoms with Gasteiger partial charge in [-0.2, -0.15) is 0 Å². The van der Waals surface area contributed by atoms with Gasteiger partial charge in [-0.05, 0) is 43.5 Å². The Kier molecular flexibility index (Phi) is 7.39. The van der Waals surface area contributed by atoms with Crippen LogP contribution in [0.3, 0.4) is 0 Å². The quantitative estimate of drug-likeness (QED) is 0.621. The maximum absolute atomic E-state index is 13.0. The topological polar surface area (TPSA) is 68.5 Å². The monoisotopic (exact) mass is 393 g/mol. The molecular formula is C23H27N3O3. The van der Waals surface area contributed by atoms with Crippen molar-refractivity contribution in [2.75, 3.05) is 13.2 Å². The molecule has 152 valence electrons. The molecule has 2 aromatic heterocycles. The minimum absolute atomic E-state index is 0.0170. The van der Waals surface area contributed by atoms with E-state index >= 15 is 0 Å². The van der Waals surface area contributed by atoms with Crippen LogP contribution in [0.25, 0.3) is 11.5 Å². The molecule has 1 aromatic carbocycles. The van der Waals surface area contributed by atoms with Crippen LogP contribution in [-0.2, 0) is 0 Å². The summed E-state index contributed by atoms with van der Waals surface area (Å²) >= 11 is 0. The minimum atomic E-state index is -0.111. The number of oxazole rings is 1. The Morgan fingerprint density at radius 2 is 2.00 bits per heavy atom. The zero-order valence-corrected chi connectivity index (χ0v) is 17.0. The number of piperidine rings is 1. The summed E-state index contributed by atoms with van der Waals surface area (Å²) in [6, 6.07) is 13.3. The van der Waals surface area contributed by atoms with E-state index in [0.717, 1.165) is 24.8 Å². The smallest absolute Gasteiger partial charge is 0.276 e. The molecule has 0 saturated carbocycles. The van der Waals surface area contributed by atoms with Crippen LogP contribution in [0.4, 0.5) is 0 Å². The Hall–Kier alpha value is -3.15. The predicted octanol–water partition coefficient (Wildman–Crippen LogP) is 4.84. The molecule has 0 bridgehead atoms. The largest absolute Gasteiger partial charge is 0.490 e. The van der Waals surface area contributed by atoms with Crippen LogP contribution >= 0.6 is 0 Å². The van der Waals surface area contributed by atoms with Crippen LogP contribution in [0, 0.1) is 0 Å². The third-order valence-electron chi connectivity index (χ3n) is 4.71. The number of amides is 1. The number of benzene rings is 1. The van der Waals surface area contributed by atoms with Gasteiger partial charge >= 0.3 is 0 Å². The van der Waals surface area contributed by atoms with Gasteiger partial charge in [0.2, 0.25) is 5.89 Å². The zero-order valence-electron chi connectivity index (χ0n) is 17.0. The molecule has 0 spiro atoms. The van der Waals surface area contributed by atoms with Gasteiger partial charge < -0.3 is 14.1 Å². The van der Waals surface area contributed by atoms with Gasteiger partial charge in [0.15, 0.2) is 5.69 Å². The summed E-state index contributed by atoms with van der Waals surface area (Å²) in [5.41, 5.74) is 1.19. The second-order valence-corrected chi connectivity index (χ2v) is 6.55. The molecule has 0 N–H and O–H groups in total. The highest BCUT2D eigenvalue weighted by Crippen LogP contribution is 2.23. The number of aromatic nitrogens is 2. The molecule has 1 saturated heterocycles. The number of pyridine rings is 1. The van der Waals surface area contributed by atoms with E-state index in [1.807, 2.05) is 61.2 Å². The normalized spacial score (nSPS) is 15.9. The van der Waals surface area contributed by atoms with Gasteiger partial charge in [0, 0.05) is 18.3 Å². The summed E-state index contributed by atoms with van der Waals surface area (Å²) < 4.78 is 11.4. The number of ether oxygens (including phenoxy) is 1. The van der Waals surface area contributed by atoms with E-state index in [2.05, 4.69) is 9.97 Å². The fraction of sp³-hybridized carbons (Fsp3) is 0.348. The van der Waals surface area contributed by atoms with Crippen molar-refractivity contribution in [1.29, 1.82) is 0 Å². The van der Waals surface area contributed by atoms with Gasteiger partial charge in [-0.1, -0.05) is 32.0 Å². The zero-order chi connectivity index (χ0) is 20.5. The van der Waals surface area contributed by atoms with Crippen molar-refractivity contribution in [2.45, 2.75) is 39.2 Å². The van der Waals surface area contributed by atoms with Crippen LogP contribution < -0.4 is 4.74 Å². The van der Waals surface area contributed by atoms with E-state index in [1.165, 1.54) is 6.26 Å². The molecule has 3 heterocycles. The fourth-order valence-electron chi connectivity index (χ4n) is 3.30. The number of rotatable bonds is 5. The molecule has 1 unspecified atom stereocenters. The van der Waals surface area contributed by atoms with Crippen molar-refractivity contribution in [3.8, 4) is 17.2 Å². The van der Waals surface area contributed by atoms with E-state index < -0.39 is 0 Å². The average Bonchev–Trinajstić information content (AvgIpc) is 3.30. The van der Waals surface area contributed by atoms with Crippen LogP contribution in [0.5, 0.6) is 5.75 Å². The third-order valence-corrected chi connectivity index (χ3v) is 4.71. The second kappa shape index (κ2) is 10.4. The summed E-state index contributed by atoms with van der Waals surface area (Å²) in [5.74, 6) is 1.06. The third kappa shape index (κ3) is 5.22. The Morgan fingerprint density at radius 1 is 1.17 bits per heavy atom. The highest BCUT2D eigenvalue weighted by molar-refractivity contribution is 5.92. The van der Waals surface area contributed by atoms with Gasteiger partial charge in [-0.15, -0.1) is 0 Å². The van der Waals surface area contributed by atoms with Gasteiger partial charge in [0.1, 0.15) is 18.6 Å². The first-order valence-electron chi connectivity index (χ1n) is 10.2. The van der Waals surface area contributed by atoms with Gasteiger partial charge in [-0.25, -0.2) is 4.98 Å². The van der Waals surface area contributed by atoms with Crippen molar-refractivity contribution in [3.05, 3.63) is 66.8 Å². The van der Waals surface area contributed by atoms with Crippen molar-refractivity contribution >= 4 is 5.91 Å². The minimum Gasteiger partial charge on any atom is -0.490 e. The maximum Gasteiger partial charge on any atom is 0.276 e. The highest BCUT2D eigenvalue weighted by Gasteiger charge is 2.30. The number of likely N-dealkylation sites (tertiary alicyclic amines) is 1. The maximum atomic E-state index is 13.0. The summed E-state index contributed by atoms with van der Waals surface area (Å²) in [4.78, 5) is 23.3. The standard InChI is InChI=1S/C21H21N3O3.C2H6/c25-21(19-15-27-20(23-19)16-7-2-1-3-8-16)24-12-5-4-9-17(24)14-26-18-10-6-11-22-13-18;1-2/h1-3,6-8,10-11,13,15,17H,4-5,9,12,14H2;1-2H3. The van der Waals surface area contributed by atoms with Crippen LogP contribution in [-0.4, -0.2) is 40.0 Å². The van der Waals surface area contributed by atoms with E-state index in [4.69, 9.17) is 9.15 Å². The Labute approximate surface area is 171 Å². The Morgan fingerprint density at radius 3 is 2.76 bits per heavy atom. The second-order valence-electron chi connectivity index (χ2n) is 6.55. The lowest BCUT2D eigenvalue weighted by molar-refractivity contribution is 0.0522. The molecule has 6 heteroatoms. The van der Waals surface area contributed by atoms with Crippen LogP contribution in [0.2, 0.25) is 0 Å². The van der Waals surface area contributed by atoms with Crippen LogP contribution in [0.1, 0.15) is 43.6 Å². The van der Waals surface area contributed by atoms with Crippen molar-refractivity contribution in [3.63, 3.8) is 0 Å². The summed E-state index contributed by atoms with van der Waals surface area (Å²) in [6.45, 7) is 5.15. The number of hydrogen-bond donors (Lipinski definition) is 0. The summed E-state index contributed by atoms with van der Waals surface area (Å²) in [5, 5.41) is 0. The predicted molar refractivity (Wildman–Crippen MR) is 112 cm³/mol. The molecular weight excluding hydrogens is 366 g/mol. The molecule has 6 nitrogen and oxygen atoms in total. The summed E-state index contributed by atoms with van der Waals surface area (Å²) in [7, 11) is 0. The van der Waals surface area contributed by atoms with Gasteiger partial charge in [-0.3, -0.25) is 9.78 Å². The van der Waals surface area contributed by atoms with Crippen molar-refractivity contribution < 1.29 is 13.9 Å². The lowest BCUT2D eigenvalue weighted by atomic mass is 10.0. The van der Waals surface area contributed by atoms with Crippen molar-refractivity contribution in [1.82, 2.24) is 14.9 Å². The van der Waals surface area contributed by atoms with Crippen LogP contribution in [0.15, 0.2) is 65.5 Å². The molecule has 0 aliphatic carbocycles. The molecule has 1 atom stereocenters. The number of nitrogens with zero attached hydrogens (tertiary/aromatic N) is 3. The SMILES string of the molecule is CC.O=C(c1coc(-c2ccccc2)n1)N1CCCCC1COc1cccnc1. The first kappa shape index (κ1) is 20.6. The number of carbonyl (C=O) groups excluding carboxylic acids is 1. The Balaban J connectivity index is 0.00000117. The molecule has 1 amide bonds.